The molecule has 6 N–H and O–H groups in total. The molecule has 4 aromatic carbocycles. The maximum atomic E-state index is 8.40. The van der Waals surface area contributed by atoms with Crippen LogP contribution in [0.25, 0.3) is 9.95 Å². The molecule has 20 heteroatoms. The van der Waals surface area contributed by atoms with Gasteiger partial charge in [0.05, 0.1) is 13.7 Å². The number of para-hydroxylation sites is 2. The van der Waals surface area contributed by atoms with E-state index in [0.29, 0.717) is 5.69 Å². The van der Waals surface area contributed by atoms with E-state index in [1.54, 1.807) is 12.1 Å². The summed E-state index contributed by atoms with van der Waals surface area (Å²) < 4.78 is 71.8. The van der Waals surface area contributed by atoms with Gasteiger partial charge in [-0.25, -0.2) is 0 Å². The summed E-state index contributed by atoms with van der Waals surface area (Å²) in [4.78, 5) is 37.8. The average Bonchev–Trinajstić information content (AvgIpc) is 3.14. The third kappa shape index (κ3) is 58.5. The summed E-state index contributed by atoms with van der Waals surface area (Å²) in [5.41, 5.74) is 11.4. The molecule has 0 spiro atoms. The zero-order chi connectivity index (χ0) is 41.4. The predicted octanol–water partition coefficient (Wildman–Crippen LogP) is 3.17. The van der Waals surface area contributed by atoms with Gasteiger partial charge in [-0.2, -0.15) is 0 Å². The largest absolute Gasteiger partial charge is 1.00 e. The normalized spacial score (nSPS) is 9.43. The minimum Gasteiger partial charge on any atom is -0.444 e. The first-order valence-electron chi connectivity index (χ1n) is 14.7. The molecule has 0 aliphatic carbocycles. The molecule has 0 aliphatic rings. The van der Waals surface area contributed by atoms with Crippen LogP contribution in [0.3, 0.4) is 0 Å². The molecular weight excluding hydrogens is 626 g/mol. The molecule has 4 rings (SSSR count). The topological polar surface area (TPSA) is 313 Å². The molecule has 0 saturated heterocycles. The molecule has 0 atom stereocenters. The van der Waals surface area contributed by atoms with Gasteiger partial charge in [0.25, 0.3) is 0 Å². The monoisotopic (exact) mass is 672 g/mol. The van der Waals surface area contributed by atoms with Crippen LogP contribution >= 0.6 is 0 Å². The van der Waals surface area contributed by atoms with Crippen molar-refractivity contribution in [2.75, 3.05) is 11.5 Å². The number of hydrogen-bond donors (Lipinski definition) is 4. The van der Waals surface area contributed by atoms with Crippen molar-refractivity contribution in [1.82, 2.24) is 0 Å². The first kappa shape index (κ1) is 35.4. The zero-order valence-electron chi connectivity index (χ0n) is 34.8. The van der Waals surface area contributed by atoms with Gasteiger partial charge in [-0.05, 0) is 24.2 Å². The van der Waals surface area contributed by atoms with E-state index >= 15 is 0 Å². The number of benzene rings is 4. The molecule has 0 fully saturated rings. The van der Waals surface area contributed by atoms with Crippen LogP contribution in [0.1, 0.15) is 31.4 Å². The SMILES string of the molecule is C.C.N#[N+]c1ccccc1.Nc1ccccc1.O=NO.O=NO.O=N[O-].O=N[O-].[2H]c1c([2H])c([2H])c(N)c([2H])c1[2H].[2H]c1c([2H])c([2H])c([N+]#N)c([2H])c1[2H].[H+].[H+].[Na+].[Na+]. The molecule has 0 aliphatic heterocycles. The molecular formula is C26H36N10Na2O8+4. The maximum Gasteiger partial charge on any atom is 1.00 e. The number of anilines is 2. The Labute approximate surface area is 327 Å². The third-order valence-corrected chi connectivity index (χ3v) is 2.78. The van der Waals surface area contributed by atoms with E-state index in [1.165, 1.54) is 10.7 Å². The second-order valence-electron chi connectivity index (χ2n) is 5.27. The molecule has 0 unspecified atom stereocenters. The van der Waals surface area contributed by atoms with Gasteiger partial charge in [-0.3, -0.25) is 0 Å². The third-order valence-electron chi connectivity index (χ3n) is 2.78. The summed E-state index contributed by atoms with van der Waals surface area (Å²) in [6, 6.07) is 14.0. The summed E-state index contributed by atoms with van der Waals surface area (Å²) >= 11 is 0. The van der Waals surface area contributed by atoms with Crippen molar-refractivity contribution in [2.45, 2.75) is 14.9 Å². The van der Waals surface area contributed by atoms with E-state index in [2.05, 4.69) is 9.95 Å². The molecule has 0 radical (unpaired) electrons. The Morgan fingerprint density at radius 2 is 0.891 bits per heavy atom. The molecule has 0 amide bonds. The van der Waals surface area contributed by atoms with Gasteiger partial charge in [0.1, 0.15) is 0 Å². The van der Waals surface area contributed by atoms with Crippen molar-refractivity contribution in [3.8, 4) is 0 Å². The Morgan fingerprint density at radius 1 is 0.609 bits per heavy atom. The molecule has 18 nitrogen and oxygen atoms in total. The van der Waals surface area contributed by atoms with Crippen molar-refractivity contribution >= 4 is 22.7 Å². The van der Waals surface area contributed by atoms with Gasteiger partial charge in [-0.1, -0.05) is 87.5 Å². The first-order valence-corrected chi connectivity index (χ1v) is 9.74. The van der Waals surface area contributed by atoms with Gasteiger partial charge in [0.15, 0.2) is 20.6 Å². The van der Waals surface area contributed by atoms with Crippen molar-refractivity contribution in [3.05, 3.63) is 161 Å². The fraction of sp³-hybridized carbons (Fsp3) is 0.0769. The van der Waals surface area contributed by atoms with Gasteiger partial charge in [-0.15, -0.1) is 20.5 Å². The van der Waals surface area contributed by atoms with Gasteiger partial charge in [0.2, 0.25) is 10.8 Å². The Hall–Kier alpha value is -5.08. The smallest absolute Gasteiger partial charge is 0.444 e. The van der Waals surface area contributed by atoms with Crippen LogP contribution in [0.2, 0.25) is 0 Å². The van der Waals surface area contributed by atoms with Crippen LogP contribution < -0.4 is 70.6 Å². The number of nitrogen functional groups attached to an aromatic ring is 2. The number of nitrogens with two attached hydrogens (primary N) is 2. The number of hydrogen-bond acceptors (Lipinski definition) is 14. The van der Waals surface area contributed by atoms with E-state index in [0.717, 1.165) is 16.4 Å². The van der Waals surface area contributed by atoms with Crippen molar-refractivity contribution in [3.63, 3.8) is 0 Å². The second kappa shape index (κ2) is 55.8. The Bertz CT molecular complexity index is 1640. The van der Waals surface area contributed by atoms with Crippen LogP contribution in [0, 0.1) is 40.8 Å². The summed E-state index contributed by atoms with van der Waals surface area (Å²) in [5, 5.41) is 50.3. The Balaban J connectivity index is -0.0000000595. The molecule has 0 bridgehead atoms. The van der Waals surface area contributed by atoms with Crippen molar-refractivity contribution in [2.24, 2.45) is 21.4 Å². The van der Waals surface area contributed by atoms with Crippen LogP contribution in [0.4, 0.5) is 22.7 Å². The van der Waals surface area contributed by atoms with Crippen molar-refractivity contribution in [1.29, 1.82) is 10.8 Å². The van der Waals surface area contributed by atoms with Gasteiger partial charge in [0, 0.05) is 35.6 Å². The predicted molar refractivity (Wildman–Crippen MR) is 173 cm³/mol. The zero-order valence-corrected chi connectivity index (χ0v) is 26.8. The van der Waals surface area contributed by atoms with E-state index in [9.17, 15) is 0 Å². The van der Waals surface area contributed by atoms with E-state index in [1.807, 2.05) is 48.5 Å². The van der Waals surface area contributed by atoms with Gasteiger partial charge < -0.3 is 42.1 Å². The fourth-order valence-electron chi connectivity index (χ4n) is 1.50. The number of rotatable bonds is 0. The number of nitrogens with zero attached hydrogens (tertiary/aromatic N) is 8. The first-order chi connectivity index (χ1) is 24.4. The summed E-state index contributed by atoms with van der Waals surface area (Å²) in [6.45, 7) is 0. The van der Waals surface area contributed by atoms with E-state index in [4.69, 9.17) is 76.4 Å². The average molecular weight is 673 g/mol. The van der Waals surface area contributed by atoms with Crippen LogP contribution in [-0.2, 0) is 0 Å². The molecule has 236 valence electrons. The molecule has 0 saturated carbocycles. The standard InChI is InChI=1S/2C6H5N2.2C6H7N.2CH4.4HNO2.2Na/c2*7-8-6-4-2-1-3-5-6;2*7-6-4-2-1-3-5-6;;;4*2-1-3;;/h2*1-5H;2*1-5H,7H2;2*1H4;4*(H,2,3);;/q2*+1;;;;;;;;;2*+1/i1D,2D,3D,4D,5D;;1D,2D,3D,4D,5D;;;;;;;;;. The van der Waals surface area contributed by atoms with Crippen LogP contribution in [0.15, 0.2) is 142 Å². The minimum absolute atomic E-state index is 0. The summed E-state index contributed by atoms with van der Waals surface area (Å²) in [6.07, 6.45) is 0. The molecule has 0 heterocycles. The van der Waals surface area contributed by atoms with Gasteiger partial charge >= 0.3 is 73.3 Å². The van der Waals surface area contributed by atoms with Crippen LogP contribution in [-0.4, -0.2) is 10.4 Å². The van der Waals surface area contributed by atoms with Crippen molar-refractivity contribution < 1.29 is 86.1 Å². The fourth-order valence-corrected chi connectivity index (χ4v) is 1.50. The molecule has 4 aromatic rings. The summed E-state index contributed by atoms with van der Waals surface area (Å²) in [7, 11) is 0. The molecule has 0 aromatic heterocycles. The number of diazo groups is 2. The second-order valence-corrected chi connectivity index (χ2v) is 5.27. The summed E-state index contributed by atoms with van der Waals surface area (Å²) in [5.74, 6) is 0. The minimum atomic E-state index is -0.506. The maximum absolute atomic E-state index is 8.40. The van der Waals surface area contributed by atoms with E-state index in [-0.39, 0.29) is 94.6 Å². The molecule has 46 heavy (non-hydrogen) atoms. The van der Waals surface area contributed by atoms with E-state index < -0.39 is 54.0 Å². The quantitative estimate of drug-likeness (QED) is 0.0688. The Morgan fingerprint density at radius 3 is 1.13 bits per heavy atom. The Kier molecular flexibility index (Phi) is 42.9. The van der Waals surface area contributed by atoms with Crippen LogP contribution in [0.5, 0.6) is 0 Å².